The number of dihydropyridines is 1. The van der Waals surface area contributed by atoms with Gasteiger partial charge in [-0.2, -0.15) is 0 Å². The lowest BCUT2D eigenvalue weighted by Gasteiger charge is -2.27. The third-order valence-corrected chi connectivity index (χ3v) is 1.93. The molecule has 0 aliphatic carbocycles. The third-order valence-electron chi connectivity index (χ3n) is 1.71. The van der Waals surface area contributed by atoms with Gasteiger partial charge in [0.05, 0.1) is 6.61 Å². The second-order valence-corrected chi connectivity index (χ2v) is 2.97. The summed E-state index contributed by atoms with van der Waals surface area (Å²) in [6, 6.07) is 0. The molecule has 0 saturated carbocycles. The maximum atomic E-state index is 5.78. The highest BCUT2D eigenvalue weighted by molar-refractivity contribution is 6.29. The fraction of sp³-hybridized carbons (Fsp3) is 0.500. The zero-order valence-electron chi connectivity index (χ0n) is 7.13. The Morgan fingerprint density at radius 3 is 2.83 bits per heavy atom. The van der Waals surface area contributed by atoms with Crippen molar-refractivity contribution in [3.63, 3.8) is 0 Å². The molecule has 1 rings (SSSR count). The van der Waals surface area contributed by atoms with Gasteiger partial charge in [0.2, 0.25) is 0 Å². The SMILES string of the molecule is COCC1(OC)C=CNC(Cl)=C1. The summed E-state index contributed by atoms with van der Waals surface area (Å²) in [4.78, 5) is 0. The van der Waals surface area contributed by atoms with Gasteiger partial charge in [0, 0.05) is 20.4 Å². The van der Waals surface area contributed by atoms with Crippen LogP contribution in [0.2, 0.25) is 0 Å². The van der Waals surface area contributed by atoms with Crippen molar-refractivity contribution in [3.05, 3.63) is 23.5 Å². The molecule has 0 bridgehead atoms. The van der Waals surface area contributed by atoms with Crippen molar-refractivity contribution in [2.45, 2.75) is 5.60 Å². The molecule has 0 aromatic carbocycles. The van der Waals surface area contributed by atoms with Gasteiger partial charge in [0.25, 0.3) is 0 Å². The second kappa shape index (κ2) is 3.94. The Morgan fingerprint density at radius 2 is 2.33 bits per heavy atom. The van der Waals surface area contributed by atoms with Crippen LogP contribution < -0.4 is 5.32 Å². The minimum atomic E-state index is -0.517. The first-order chi connectivity index (χ1) is 5.72. The van der Waals surface area contributed by atoms with E-state index in [1.807, 2.05) is 6.08 Å². The van der Waals surface area contributed by atoms with Crippen LogP contribution in [0.5, 0.6) is 0 Å². The van der Waals surface area contributed by atoms with Crippen molar-refractivity contribution in [2.24, 2.45) is 0 Å². The van der Waals surface area contributed by atoms with Gasteiger partial charge < -0.3 is 14.8 Å². The molecule has 68 valence electrons. The number of hydrogen-bond acceptors (Lipinski definition) is 3. The predicted molar refractivity (Wildman–Crippen MR) is 47.8 cm³/mol. The van der Waals surface area contributed by atoms with E-state index in [0.717, 1.165) is 0 Å². The van der Waals surface area contributed by atoms with Gasteiger partial charge in [-0.3, -0.25) is 0 Å². The topological polar surface area (TPSA) is 30.5 Å². The maximum Gasteiger partial charge on any atom is 0.132 e. The highest BCUT2D eigenvalue weighted by Crippen LogP contribution is 2.20. The van der Waals surface area contributed by atoms with Gasteiger partial charge >= 0.3 is 0 Å². The molecular weight excluding hydrogens is 178 g/mol. The number of methoxy groups -OCH3 is 2. The summed E-state index contributed by atoms with van der Waals surface area (Å²) < 4.78 is 10.3. The Morgan fingerprint density at radius 1 is 1.58 bits per heavy atom. The van der Waals surface area contributed by atoms with E-state index in [9.17, 15) is 0 Å². The van der Waals surface area contributed by atoms with Crippen molar-refractivity contribution in [1.29, 1.82) is 0 Å². The summed E-state index contributed by atoms with van der Waals surface area (Å²) in [7, 11) is 3.24. The van der Waals surface area contributed by atoms with Crippen LogP contribution in [0.1, 0.15) is 0 Å². The van der Waals surface area contributed by atoms with Gasteiger partial charge in [-0.1, -0.05) is 11.6 Å². The van der Waals surface area contributed by atoms with E-state index >= 15 is 0 Å². The van der Waals surface area contributed by atoms with E-state index in [2.05, 4.69) is 5.32 Å². The van der Waals surface area contributed by atoms with Crippen LogP contribution >= 0.6 is 11.6 Å². The lowest BCUT2D eigenvalue weighted by atomic mass is 10.0. The quantitative estimate of drug-likeness (QED) is 0.678. The van der Waals surface area contributed by atoms with Crippen LogP contribution in [0.4, 0.5) is 0 Å². The lowest BCUT2D eigenvalue weighted by molar-refractivity contribution is 0.00294. The molecule has 0 fully saturated rings. The Balaban J connectivity index is 2.77. The fourth-order valence-corrected chi connectivity index (χ4v) is 1.32. The highest BCUT2D eigenvalue weighted by atomic mass is 35.5. The first kappa shape index (κ1) is 9.58. The van der Waals surface area contributed by atoms with Crippen molar-refractivity contribution in [3.8, 4) is 0 Å². The average molecular weight is 190 g/mol. The van der Waals surface area contributed by atoms with Crippen LogP contribution in [0.15, 0.2) is 23.5 Å². The van der Waals surface area contributed by atoms with Crippen molar-refractivity contribution < 1.29 is 9.47 Å². The van der Waals surface area contributed by atoms with Crippen LogP contribution in [0.25, 0.3) is 0 Å². The predicted octanol–water partition coefficient (Wildman–Crippen LogP) is 1.22. The molecule has 12 heavy (non-hydrogen) atoms. The molecule has 4 heteroatoms. The Hall–Kier alpha value is -0.510. The first-order valence-corrected chi connectivity index (χ1v) is 3.97. The Bertz CT molecular complexity index is 215. The normalized spacial score (nSPS) is 28.1. The van der Waals surface area contributed by atoms with E-state index < -0.39 is 5.60 Å². The molecule has 0 spiro atoms. The summed E-state index contributed by atoms with van der Waals surface area (Å²) in [6.07, 6.45) is 5.38. The van der Waals surface area contributed by atoms with Crippen molar-refractivity contribution >= 4 is 11.6 Å². The van der Waals surface area contributed by atoms with Crippen LogP contribution in [-0.2, 0) is 9.47 Å². The number of hydrogen-bond donors (Lipinski definition) is 1. The van der Waals surface area contributed by atoms with Crippen LogP contribution in [-0.4, -0.2) is 26.4 Å². The summed E-state index contributed by atoms with van der Waals surface area (Å²) in [5, 5.41) is 3.39. The van der Waals surface area contributed by atoms with E-state index in [-0.39, 0.29) is 0 Å². The molecule has 0 saturated heterocycles. The number of nitrogens with one attached hydrogen (secondary N) is 1. The number of ether oxygens (including phenoxy) is 2. The zero-order valence-corrected chi connectivity index (χ0v) is 7.89. The lowest BCUT2D eigenvalue weighted by Crippen LogP contribution is -2.35. The number of rotatable bonds is 3. The Kier molecular flexibility index (Phi) is 3.14. The molecule has 1 aliphatic heterocycles. The monoisotopic (exact) mass is 189 g/mol. The summed E-state index contributed by atoms with van der Waals surface area (Å²) in [5.41, 5.74) is -0.517. The van der Waals surface area contributed by atoms with E-state index in [0.29, 0.717) is 11.8 Å². The van der Waals surface area contributed by atoms with Gasteiger partial charge in [0.15, 0.2) is 0 Å². The molecule has 1 atom stereocenters. The minimum Gasteiger partial charge on any atom is -0.381 e. The molecule has 1 unspecified atom stereocenters. The molecule has 1 N–H and O–H groups in total. The summed E-state index contributed by atoms with van der Waals surface area (Å²) >= 11 is 5.78. The van der Waals surface area contributed by atoms with Crippen LogP contribution in [0, 0.1) is 0 Å². The standard InChI is InChI=1S/C8H12ClNO2/c1-11-6-8(12-2)3-4-10-7(9)5-8/h3-5,10H,6H2,1-2H3. The van der Waals surface area contributed by atoms with Crippen LogP contribution in [0.3, 0.4) is 0 Å². The van der Waals surface area contributed by atoms with Crippen molar-refractivity contribution in [1.82, 2.24) is 5.32 Å². The second-order valence-electron chi connectivity index (χ2n) is 2.56. The fourth-order valence-electron chi connectivity index (χ4n) is 1.07. The zero-order chi connectivity index (χ0) is 9.03. The van der Waals surface area contributed by atoms with Gasteiger partial charge in [-0.05, 0) is 12.2 Å². The van der Waals surface area contributed by atoms with E-state index in [4.69, 9.17) is 21.1 Å². The maximum absolute atomic E-state index is 5.78. The van der Waals surface area contributed by atoms with E-state index in [1.54, 1.807) is 26.5 Å². The molecule has 3 nitrogen and oxygen atoms in total. The molecule has 0 radical (unpaired) electrons. The Labute approximate surface area is 77.0 Å². The molecule has 0 aromatic heterocycles. The van der Waals surface area contributed by atoms with Gasteiger partial charge in [-0.25, -0.2) is 0 Å². The average Bonchev–Trinajstić information content (AvgIpc) is 2.05. The molecular formula is C8H12ClNO2. The third kappa shape index (κ3) is 2.00. The van der Waals surface area contributed by atoms with E-state index in [1.165, 1.54) is 0 Å². The first-order valence-electron chi connectivity index (χ1n) is 3.59. The molecule has 1 heterocycles. The minimum absolute atomic E-state index is 0.456. The smallest absolute Gasteiger partial charge is 0.132 e. The molecule has 0 aromatic rings. The van der Waals surface area contributed by atoms with Crippen molar-refractivity contribution in [2.75, 3.05) is 20.8 Å². The largest absolute Gasteiger partial charge is 0.381 e. The van der Waals surface area contributed by atoms with Gasteiger partial charge in [-0.15, -0.1) is 0 Å². The molecule has 0 amide bonds. The van der Waals surface area contributed by atoms with Gasteiger partial charge in [0.1, 0.15) is 10.8 Å². The summed E-state index contributed by atoms with van der Waals surface area (Å²) in [6.45, 7) is 0.456. The highest BCUT2D eigenvalue weighted by Gasteiger charge is 2.26. The summed E-state index contributed by atoms with van der Waals surface area (Å²) in [5.74, 6) is 0. The molecule has 1 aliphatic rings. The number of halogens is 1.